The van der Waals surface area contributed by atoms with E-state index in [4.69, 9.17) is 4.74 Å². The predicted octanol–water partition coefficient (Wildman–Crippen LogP) is 2.42. The molecule has 2 aliphatic heterocycles. The molecule has 1 aromatic heterocycles. The van der Waals surface area contributed by atoms with Gasteiger partial charge in [0, 0.05) is 69.1 Å². The summed E-state index contributed by atoms with van der Waals surface area (Å²) in [6.07, 6.45) is 3.67. The smallest absolute Gasteiger partial charge is 0.226 e. The highest BCUT2D eigenvalue weighted by atomic mass is 16.5. The quantitative estimate of drug-likeness (QED) is 0.815. The molecule has 0 aliphatic carbocycles. The van der Waals surface area contributed by atoms with Crippen LogP contribution in [0.4, 0.5) is 0 Å². The SMILES string of the molecule is COc1ccc(C)cc1CN1CCN(C(=O)C2CCn3c(cnc3C)C2)CC1. The second-order valence-corrected chi connectivity index (χ2v) is 8.05. The number of benzene rings is 1. The summed E-state index contributed by atoms with van der Waals surface area (Å²) in [7, 11) is 1.72. The average Bonchev–Trinajstić information content (AvgIpc) is 3.08. The van der Waals surface area contributed by atoms with Crippen LogP contribution >= 0.6 is 0 Å². The maximum atomic E-state index is 13.0. The van der Waals surface area contributed by atoms with E-state index in [9.17, 15) is 4.79 Å². The third-order valence-corrected chi connectivity index (χ3v) is 6.16. The molecule has 0 saturated carbocycles. The molecular weight excluding hydrogens is 352 g/mol. The van der Waals surface area contributed by atoms with E-state index in [2.05, 4.69) is 38.4 Å². The van der Waals surface area contributed by atoms with Gasteiger partial charge < -0.3 is 14.2 Å². The molecule has 150 valence electrons. The average molecular weight is 383 g/mol. The monoisotopic (exact) mass is 382 g/mol. The number of imidazole rings is 1. The van der Waals surface area contributed by atoms with Crippen LogP contribution in [0.15, 0.2) is 24.4 Å². The van der Waals surface area contributed by atoms with E-state index >= 15 is 0 Å². The molecule has 2 aromatic rings. The van der Waals surface area contributed by atoms with Crippen LogP contribution in [-0.2, 0) is 24.3 Å². The molecule has 1 amide bonds. The number of ether oxygens (including phenoxy) is 1. The minimum absolute atomic E-state index is 0.104. The number of carbonyl (C=O) groups is 1. The Morgan fingerprint density at radius 2 is 1.96 bits per heavy atom. The summed E-state index contributed by atoms with van der Waals surface area (Å²) in [6, 6.07) is 6.32. The Kier molecular flexibility index (Phi) is 5.40. The molecule has 1 saturated heterocycles. The van der Waals surface area contributed by atoms with Crippen molar-refractivity contribution in [2.75, 3.05) is 33.3 Å². The van der Waals surface area contributed by atoms with Crippen LogP contribution in [0, 0.1) is 19.8 Å². The summed E-state index contributed by atoms with van der Waals surface area (Å²) in [5.74, 6) is 2.42. The largest absolute Gasteiger partial charge is 0.496 e. The van der Waals surface area contributed by atoms with E-state index < -0.39 is 0 Å². The van der Waals surface area contributed by atoms with Crippen molar-refractivity contribution in [2.45, 2.75) is 39.8 Å². The molecule has 0 bridgehead atoms. The number of piperazine rings is 1. The number of fused-ring (bicyclic) bond motifs is 1. The molecule has 2 aliphatic rings. The normalized spacial score (nSPS) is 20.1. The summed E-state index contributed by atoms with van der Waals surface area (Å²) in [5, 5.41) is 0. The van der Waals surface area contributed by atoms with Gasteiger partial charge in [-0.2, -0.15) is 0 Å². The van der Waals surface area contributed by atoms with Crippen molar-refractivity contribution in [3.8, 4) is 5.75 Å². The molecular formula is C22H30N4O2. The van der Waals surface area contributed by atoms with Gasteiger partial charge in [-0.3, -0.25) is 9.69 Å². The summed E-state index contributed by atoms with van der Waals surface area (Å²) in [6.45, 7) is 9.35. The number of nitrogens with zero attached hydrogens (tertiary/aromatic N) is 4. The molecule has 6 nitrogen and oxygen atoms in total. The molecule has 1 aromatic carbocycles. The van der Waals surface area contributed by atoms with E-state index in [1.165, 1.54) is 16.8 Å². The van der Waals surface area contributed by atoms with Gasteiger partial charge in [0.25, 0.3) is 0 Å². The van der Waals surface area contributed by atoms with Crippen LogP contribution in [0.1, 0.15) is 29.1 Å². The standard InChI is InChI=1S/C22H30N4O2/c1-16-4-5-21(28-3)19(12-16)15-24-8-10-25(11-9-24)22(27)18-6-7-26-17(2)23-14-20(26)13-18/h4-5,12,14,18H,6-11,13,15H2,1-3H3. The van der Waals surface area contributed by atoms with Crippen molar-refractivity contribution in [1.29, 1.82) is 0 Å². The second kappa shape index (κ2) is 7.95. The van der Waals surface area contributed by atoms with Gasteiger partial charge >= 0.3 is 0 Å². The van der Waals surface area contributed by atoms with Crippen molar-refractivity contribution in [2.24, 2.45) is 5.92 Å². The van der Waals surface area contributed by atoms with Gasteiger partial charge in [0.2, 0.25) is 5.91 Å². The fourth-order valence-corrected chi connectivity index (χ4v) is 4.49. The summed E-state index contributed by atoms with van der Waals surface area (Å²) in [5.41, 5.74) is 3.67. The molecule has 0 N–H and O–H groups in total. The van der Waals surface area contributed by atoms with Gasteiger partial charge in [-0.1, -0.05) is 17.7 Å². The summed E-state index contributed by atoms with van der Waals surface area (Å²) in [4.78, 5) is 21.9. The number of amides is 1. The van der Waals surface area contributed by atoms with E-state index in [0.717, 1.165) is 63.7 Å². The topological polar surface area (TPSA) is 50.6 Å². The molecule has 6 heteroatoms. The number of rotatable bonds is 4. The fraction of sp³-hybridized carbons (Fsp3) is 0.545. The van der Waals surface area contributed by atoms with Gasteiger partial charge in [0.15, 0.2) is 0 Å². The van der Waals surface area contributed by atoms with Crippen LogP contribution < -0.4 is 4.74 Å². The number of aromatic nitrogens is 2. The first kappa shape index (κ1) is 19.0. The van der Waals surface area contributed by atoms with Crippen molar-refractivity contribution >= 4 is 5.91 Å². The highest BCUT2D eigenvalue weighted by Gasteiger charge is 2.31. The lowest BCUT2D eigenvalue weighted by atomic mass is 9.94. The lowest BCUT2D eigenvalue weighted by Gasteiger charge is -2.37. The Morgan fingerprint density at radius 3 is 2.71 bits per heavy atom. The Labute approximate surface area is 167 Å². The highest BCUT2D eigenvalue weighted by molar-refractivity contribution is 5.79. The van der Waals surface area contributed by atoms with Crippen LogP contribution in [-0.4, -0.2) is 58.5 Å². The zero-order valence-corrected chi connectivity index (χ0v) is 17.1. The number of methoxy groups -OCH3 is 1. The third-order valence-electron chi connectivity index (χ3n) is 6.16. The van der Waals surface area contributed by atoms with Crippen LogP contribution in [0.25, 0.3) is 0 Å². The van der Waals surface area contributed by atoms with Gasteiger partial charge in [-0.05, 0) is 26.3 Å². The van der Waals surface area contributed by atoms with Gasteiger partial charge in [-0.15, -0.1) is 0 Å². The molecule has 0 spiro atoms. The van der Waals surface area contributed by atoms with Crippen molar-refractivity contribution < 1.29 is 9.53 Å². The maximum Gasteiger partial charge on any atom is 0.226 e. The molecule has 1 atom stereocenters. The molecule has 28 heavy (non-hydrogen) atoms. The van der Waals surface area contributed by atoms with E-state index in [0.29, 0.717) is 5.91 Å². The zero-order chi connectivity index (χ0) is 19.7. The first-order valence-electron chi connectivity index (χ1n) is 10.2. The Balaban J connectivity index is 1.33. The number of carbonyl (C=O) groups excluding carboxylic acids is 1. The second-order valence-electron chi connectivity index (χ2n) is 8.05. The van der Waals surface area contributed by atoms with Gasteiger partial charge in [0.05, 0.1) is 7.11 Å². The van der Waals surface area contributed by atoms with E-state index in [1.54, 1.807) is 7.11 Å². The summed E-state index contributed by atoms with van der Waals surface area (Å²) < 4.78 is 7.76. The fourth-order valence-electron chi connectivity index (χ4n) is 4.49. The first-order valence-corrected chi connectivity index (χ1v) is 10.2. The number of hydrogen-bond donors (Lipinski definition) is 0. The molecule has 4 rings (SSSR count). The Bertz CT molecular complexity index is 852. The number of hydrogen-bond acceptors (Lipinski definition) is 4. The van der Waals surface area contributed by atoms with Crippen LogP contribution in [0.2, 0.25) is 0 Å². The molecule has 3 heterocycles. The zero-order valence-electron chi connectivity index (χ0n) is 17.1. The summed E-state index contributed by atoms with van der Waals surface area (Å²) >= 11 is 0. The van der Waals surface area contributed by atoms with Gasteiger partial charge in [-0.25, -0.2) is 4.98 Å². The Hall–Kier alpha value is -2.34. The lowest BCUT2D eigenvalue weighted by Crippen LogP contribution is -2.50. The maximum absolute atomic E-state index is 13.0. The predicted molar refractivity (Wildman–Crippen MR) is 108 cm³/mol. The molecule has 1 unspecified atom stereocenters. The van der Waals surface area contributed by atoms with Crippen molar-refractivity contribution in [3.63, 3.8) is 0 Å². The van der Waals surface area contributed by atoms with E-state index in [1.807, 2.05) is 19.2 Å². The molecule has 1 fully saturated rings. The highest BCUT2D eigenvalue weighted by Crippen LogP contribution is 2.25. The van der Waals surface area contributed by atoms with E-state index in [-0.39, 0.29) is 5.92 Å². The number of aryl methyl sites for hydroxylation is 2. The molecule has 0 radical (unpaired) electrons. The van der Waals surface area contributed by atoms with Crippen LogP contribution in [0.3, 0.4) is 0 Å². The first-order chi connectivity index (χ1) is 13.5. The lowest BCUT2D eigenvalue weighted by molar-refractivity contribution is -0.138. The van der Waals surface area contributed by atoms with Gasteiger partial charge in [0.1, 0.15) is 11.6 Å². The van der Waals surface area contributed by atoms with Crippen LogP contribution in [0.5, 0.6) is 5.75 Å². The minimum atomic E-state index is 0.104. The minimum Gasteiger partial charge on any atom is -0.496 e. The van der Waals surface area contributed by atoms with Crippen molar-refractivity contribution in [3.05, 3.63) is 47.0 Å². The van der Waals surface area contributed by atoms with Crippen molar-refractivity contribution in [1.82, 2.24) is 19.4 Å². The third kappa shape index (κ3) is 3.78. The Morgan fingerprint density at radius 1 is 1.18 bits per heavy atom.